The SMILES string of the molecule is CC(C)C(=O)N=C1S[C@H]2CS(=O)(=O)C[C@H]2N1c1ccc(Cl)c(F)c1. The summed E-state index contributed by atoms with van der Waals surface area (Å²) in [6.45, 7) is 3.48. The van der Waals surface area contributed by atoms with Crippen molar-refractivity contribution in [2.24, 2.45) is 10.9 Å². The summed E-state index contributed by atoms with van der Waals surface area (Å²) in [6, 6.07) is 3.90. The minimum atomic E-state index is -3.16. The average Bonchev–Trinajstić information content (AvgIpc) is 2.93. The number of aliphatic imine (C=N–C) groups is 1. The lowest BCUT2D eigenvalue weighted by Crippen LogP contribution is -2.37. The molecule has 1 amide bonds. The van der Waals surface area contributed by atoms with E-state index in [1.165, 1.54) is 23.9 Å². The van der Waals surface area contributed by atoms with Gasteiger partial charge < -0.3 is 4.90 Å². The minimum absolute atomic E-state index is 0.0158. The molecule has 24 heavy (non-hydrogen) atoms. The van der Waals surface area contributed by atoms with Crippen LogP contribution in [0.25, 0.3) is 0 Å². The lowest BCUT2D eigenvalue weighted by Gasteiger charge is -2.24. The molecule has 2 aliphatic rings. The van der Waals surface area contributed by atoms with Crippen molar-refractivity contribution in [1.82, 2.24) is 0 Å². The van der Waals surface area contributed by atoms with Gasteiger partial charge in [-0.25, -0.2) is 12.8 Å². The van der Waals surface area contributed by atoms with Gasteiger partial charge in [0.25, 0.3) is 5.91 Å². The van der Waals surface area contributed by atoms with Gasteiger partial charge in [-0.2, -0.15) is 4.99 Å². The van der Waals surface area contributed by atoms with Gasteiger partial charge in [-0.15, -0.1) is 0 Å². The van der Waals surface area contributed by atoms with Gasteiger partial charge in [0.05, 0.1) is 22.6 Å². The smallest absolute Gasteiger partial charge is 0.250 e. The average molecular weight is 391 g/mol. The second kappa shape index (κ2) is 6.31. The number of hydrogen-bond acceptors (Lipinski definition) is 4. The van der Waals surface area contributed by atoms with Crippen molar-refractivity contribution in [2.75, 3.05) is 16.4 Å². The zero-order valence-corrected chi connectivity index (χ0v) is 15.5. The highest BCUT2D eigenvalue weighted by molar-refractivity contribution is 8.16. The van der Waals surface area contributed by atoms with E-state index in [4.69, 9.17) is 11.6 Å². The molecule has 3 rings (SSSR count). The van der Waals surface area contributed by atoms with Crippen LogP contribution in [0.2, 0.25) is 5.02 Å². The summed E-state index contributed by atoms with van der Waals surface area (Å²) >= 11 is 6.99. The molecule has 2 saturated heterocycles. The molecule has 0 N–H and O–H groups in total. The third-order valence-corrected chi connectivity index (χ3v) is 7.46. The molecule has 0 aliphatic carbocycles. The van der Waals surface area contributed by atoms with Gasteiger partial charge >= 0.3 is 0 Å². The largest absolute Gasteiger partial charge is 0.315 e. The van der Waals surface area contributed by atoms with Gasteiger partial charge in [0.1, 0.15) is 5.82 Å². The summed E-state index contributed by atoms with van der Waals surface area (Å²) in [7, 11) is -3.16. The molecule has 1 aromatic carbocycles. The number of nitrogens with zero attached hydrogens (tertiary/aromatic N) is 2. The van der Waals surface area contributed by atoms with Gasteiger partial charge in [0.2, 0.25) is 0 Å². The molecule has 1 aromatic rings. The fraction of sp³-hybridized carbons (Fsp3) is 0.467. The number of benzene rings is 1. The van der Waals surface area contributed by atoms with Crippen molar-refractivity contribution < 1.29 is 17.6 Å². The van der Waals surface area contributed by atoms with E-state index >= 15 is 0 Å². The lowest BCUT2D eigenvalue weighted by atomic mass is 10.2. The van der Waals surface area contributed by atoms with Gasteiger partial charge in [-0.05, 0) is 18.2 Å². The first-order chi connectivity index (χ1) is 11.2. The maximum Gasteiger partial charge on any atom is 0.250 e. The van der Waals surface area contributed by atoms with Crippen LogP contribution < -0.4 is 4.90 Å². The fourth-order valence-electron chi connectivity index (χ4n) is 2.72. The van der Waals surface area contributed by atoms with Crippen LogP contribution in [0.5, 0.6) is 0 Å². The molecule has 130 valence electrons. The lowest BCUT2D eigenvalue weighted by molar-refractivity contribution is -0.120. The molecule has 0 radical (unpaired) electrons. The van der Waals surface area contributed by atoms with Crippen molar-refractivity contribution in [2.45, 2.75) is 25.1 Å². The van der Waals surface area contributed by atoms with E-state index in [1.807, 2.05) is 0 Å². The number of amidine groups is 1. The Labute approximate surface area is 149 Å². The zero-order chi connectivity index (χ0) is 17.6. The number of rotatable bonds is 2. The molecule has 0 unspecified atom stereocenters. The highest BCUT2D eigenvalue weighted by atomic mass is 35.5. The summed E-state index contributed by atoms with van der Waals surface area (Å²) in [4.78, 5) is 17.8. The molecule has 2 aliphatic heterocycles. The summed E-state index contributed by atoms with van der Waals surface area (Å²) in [5.41, 5.74) is 0.448. The quantitative estimate of drug-likeness (QED) is 0.776. The Hall–Kier alpha value is -1.12. The Balaban J connectivity index is 2.04. The molecule has 2 atom stereocenters. The van der Waals surface area contributed by atoms with Crippen LogP contribution in [-0.4, -0.2) is 42.3 Å². The van der Waals surface area contributed by atoms with E-state index in [9.17, 15) is 17.6 Å². The van der Waals surface area contributed by atoms with Gasteiger partial charge in [-0.3, -0.25) is 4.79 Å². The van der Waals surface area contributed by atoms with E-state index < -0.39 is 15.7 Å². The number of anilines is 1. The monoisotopic (exact) mass is 390 g/mol. The number of thioether (sulfide) groups is 1. The summed E-state index contributed by atoms with van der Waals surface area (Å²) in [5, 5.41) is 0.186. The molecular formula is C15H16ClFN2O3S2. The molecule has 0 bridgehead atoms. The van der Waals surface area contributed by atoms with Crippen LogP contribution in [0.15, 0.2) is 23.2 Å². The first kappa shape index (κ1) is 17.7. The second-order valence-electron chi connectivity index (χ2n) is 6.16. The van der Waals surface area contributed by atoms with E-state index in [2.05, 4.69) is 4.99 Å². The molecule has 0 aromatic heterocycles. The third kappa shape index (κ3) is 3.32. The predicted octanol–water partition coefficient (Wildman–Crippen LogP) is 2.74. The Morgan fingerprint density at radius 1 is 1.42 bits per heavy atom. The highest BCUT2D eigenvalue weighted by Gasteiger charge is 2.49. The molecular weight excluding hydrogens is 375 g/mol. The van der Waals surface area contributed by atoms with Crippen LogP contribution in [0.3, 0.4) is 0 Å². The van der Waals surface area contributed by atoms with Crippen molar-refractivity contribution in [3.8, 4) is 0 Å². The van der Waals surface area contributed by atoms with Gasteiger partial charge in [-0.1, -0.05) is 37.2 Å². The van der Waals surface area contributed by atoms with Crippen molar-refractivity contribution in [3.05, 3.63) is 29.0 Å². The van der Waals surface area contributed by atoms with Crippen LogP contribution in [-0.2, 0) is 14.6 Å². The van der Waals surface area contributed by atoms with E-state index in [-0.39, 0.29) is 39.6 Å². The molecule has 0 spiro atoms. The number of carbonyl (C=O) groups excluding carboxylic acids is 1. The second-order valence-corrected chi connectivity index (χ2v) is 9.92. The van der Waals surface area contributed by atoms with Crippen LogP contribution in [0.4, 0.5) is 10.1 Å². The third-order valence-electron chi connectivity index (χ3n) is 3.95. The Morgan fingerprint density at radius 2 is 2.12 bits per heavy atom. The van der Waals surface area contributed by atoms with Crippen LogP contribution >= 0.6 is 23.4 Å². The number of halogens is 2. The molecule has 2 heterocycles. The summed E-state index contributed by atoms with van der Waals surface area (Å²) in [6.07, 6.45) is 0. The van der Waals surface area contributed by atoms with Gasteiger partial charge in [0.15, 0.2) is 15.0 Å². The van der Waals surface area contributed by atoms with E-state index in [1.54, 1.807) is 24.8 Å². The molecule has 5 nitrogen and oxygen atoms in total. The molecule has 2 fully saturated rings. The number of fused-ring (bicyclic) bond motifs is 1. The number of carbonyl (C=O) groups is 1. The predicted molar refractivity (Wildman–Crippen MR) is 95.0 cm³/mol. The Morgan fingerprint density at radius 3 is 2.75 bits per heavy atom. The Kier molecular flexibility index (Phi) is 4.65. The maximum atomic E-state index is 13.9. The van der Waals surface area contributed by atoms with E-state index in [0.29, 0.717) is 10.9 Å². The maximum absolute atomic E-state index is 13.9. The summed E-state index contributed by atoms with van der Waals surface area (Å²) < 4.78 is 37.7. The van der Waals surface area contributed by atoms with Crippen LogP contribution in [0.1, 0.15) is 13.8 Å². The molecule has 0 saturated carbocycles. The number of hydrogen-bond donors (Lipinski definition) is 0. The zero-order valence-electron chi connectivity index (χ0n) is 13.1. The molecule has 9 heteroatoms. The van der Waals surface area contributed by atoms with Crippen molar-refractivity contribution >= 4 is 50.0 Å². The number of amides is 1. The van der Waals surface area contributed by atoms with E-state index in [0.717, 1.165) is 0 Å². The van der Waals surface area contributed by atoms with Crippen molar-refractivity contribution in [1.29, 1.82) is 0 Å². The minimum Gasteiger partial charge on any atom is -0.315 e. The van der Waals surface area contributed by atoms with Crippen LogP contribution in [0, 0.1) is 11.7 Å². The number of sulfone groups is 1. The summed E-state index contributed by atoms with van der Waals surface area (Å²) in [5.74, 6) is -1.17. The van der Waals surface area contributed by atoms with Crippen molar-refractivity contribution in [3.63, 3.8) is 0 Å². The highest BCUT2D eigenvalue weighted by Crippen LogP contribution is 2.41. The first-order valence-corrected chi connectivity index (χ1v) is 10.5. The first-order valence-electron chi connectivity index (χ1n) is 7.42. The van der Waals surface area contributed by atoms with Gasteiger partial charge in [0, 0.05) is 16.9 Å². The normalized spacial score (nSPS) is 27.0. The fourth-order valence-corrected chi connectivity index (χ4v) is 6.76. The Bertz CT molecular complexity index is 826. The topological polar surface area (TPSA) is 66.8 Å². The standard InChI is InChI=1S/C15H16ClFN2O3S2/c1-8(2)14(20)18-15-19(9-3-4-10(16)11(17)5-9)12-6-24(21,22)7-13(12)23-15/h3-5,8,12-13H,6-7H2,1-2H3/t12-,13+/m1/s1.